The molecule has 0 aliphatic heterocycles. The fourth-order valence-corrected chi connectivity index (χ4v) is 2.60. The summed E-state index contributed by atoms with van der Waals surface area (Å²) in [4.78, 5) is 6.59. The van der Waals surface area contributed by atoms with Gasteiger partial charge in [-0.15, -0.1) is 24.0 Å². The summed E-state index contributed by atoms with van der Waals surface area (Å²) in [6.07, 6.45) is 0. The molecule has 21 heavy (non-hydrogen) atoms. The van der Waals surface area contributed by atoms with Gasteiger partial charge in [-0.1, -0.05) is 42.1 Å². The number of rotatable bonds is 4. The van der Waals surface area contributed by atoms with Crippen molar-refractivity contribution < 1.29 is 0 Å². The van der Waals surface area contributed by atoms with Crippen LogP contribution < -0.4 is 10.6 Å². The van der Waals surface area contributed by atoms with Crippen LogP contribution in [0.4, 0.5) is 0 Å². The Balaban J connectivity index is 0.00000220. The summed E-state index contributed by atoms with van der Waals surface area (Å²) in [5.74, 6) is 0.799. The highest BCUT2D eigenvalue weighted by Gasteiger charge is 1.99. The highest BCUT2D eigenvalue weighted by molar-refractivity contribution is 14.0. The van der Waals surface area contributed by atoms with E-state index in [1.54, 1.807) is 18.8 Å². The quantitative estimate of drug-likeness (QED) is 0.456. The van der Waals surface area contributed by atoms with E-state index in [1.165, 1.54) is 15.4 Å². The van der Waals surface area contributed by atoms with Gasteiger partial charge >= 0.3 is 0 Å². The first-order valence-corrected chi connectivity index (χ1v) is 7.33. The number of halogens is 1. The van der Waals surface area contributed by atoms with Crippen LogP contribution >= 0.6 is 35.7 Å². The first-order chi connectivity index (χ1) is 9.81. The maximum absolute atomic E-state index is 4.09. The van der Waals surface area contributed by atoms with Crippen LogP contribution in [0.5, 0.6) is 0 Å². The number of aliphatic imine (C=N–C) groups is 1. The number of hydrogen-bond donors (Lipinski definition) is 2. The molecule has 0 aliphatic rings. The molecule has 0 saturated heterocycles. The van der Waals surface area contributed by atoms with E-state index < -0.39 is 0 Å². The molecule has 0 radical (unpaired) electrons. The van der Waals surface area contributed by atoms with Gasteiger partial charge in [-0.3, -0.25) is 4.99 Å². The predicted molar refractivity (Wildman–Crippen MR) is 102 cm³/mol. The van der Waals surface area contributed by atoms with Crippen LogP contribution in [0.2, 0.25) is 0 Å². The monoisotopic (exact) mass is 413 g/mol. The Labute approximate surface area is 147 Å². The summed E-state index contributed by atoms with van der Waals surface area (Å²) in [5, 5.41) is 6.24. The van der Waals surface area contributed by atoms with Crippen LogP contribution in [0, 0.1) is 0 Å². The van der Waals surface area contributed by atoms with Gasteiger partial charge in [0.1, 0.15) is 0 Å². The average molecular weight is 413 g/mol. The van der Waals surface area contributed by atoms with E-state index in [9.17, 15) is 0 Å². The second kappa shape index (κ2) is 9.68. The van der Waals surface area contributed by atoms with Gasteiger partial charge in [-0.2, -0.15) is 0 Å². The zero-order valence-corrected chi connectivity index (χ0v) is 15.3. The van der Waals surface area contributed by atoms with Gasteiger partial charge in [-0.25, -0.2) is 0 Å². The van der Waals surface area contributed by atoms with Gasteiger partial charge in [0, 0.05) is 30.4 Å². The van der Waals surface area contributed by atoms with Crippen molar-refractivity contribution in [2.24, 2.45) is 4.99 Å². The molecular weight excluding hydrogens is 393 g/mol. The van der Waals surface area contributed by atoms with Crippen LogP contribution in [-0.2, 0) is 6.54 Å². The van der Waals surface area contributed by atoms with Crippen LogP contribution in [-0.4, -0.2) is 20.1 Å². The molecule has 0 aliphatic carbocycles. The normalized spacial score (nSPS) is 10.7. The molecule has 5 heteroatoms. The van der Waals surface area contributed by atoms with E-state index in [4.69, 9.17) is 0 Å². The van der Waals surface area contributed by atoms with E-state index in [1.807, 2.05) is 13.1 Å². The maximum atomic E-state index is 4.09. The van der Waals surface area contributed by atoms with Crippen molar-refractivity contribution in [3.8, 4) is 0 Å². The van der Waals surface area contributed by atoms with Gasteiger partial charge in [-0.05, 0) is 29.8 Å². The van der Waals surface area contributed by atoms with Crippen molar-refractivity contribution >= 4 is 41.7 Å². The van der Waals surface area contributed by atoms with E-state index in [0.717, 1.165) is 12.5 Å². The van der Waals surface area contributed by atoms with Gasteiger partial charge in [0.2, 0.25) is 0 Å². The number of benzene rings is 2. The van der Waals surface area contributed by atoms with Crippen LogP contribution in [0.3, 0.4) is 0 Å². The van der Waals surface area contributed by atoms with Crippen LogP contribution in [0.25, 0.3) is 0 Å². The molecule has 0 fully saturated rings. The van der Waals surface area contributed by atoms with Gasteiger partial charge in [0.15, 0.2) is 5.96 Å². The Hall–Kier alpha value is -1.21. The molecule has 2 aromatic carbocycles. The third-order valence-electron chi connectivity index (χ3n) is 2.82. The third kappa shape index (κ3) is 5.97. The second-order valence-electron chi connectivity index (χ2n) is 4.23. The lowest BCUT2D eigenvalue weighted by molar-refractivity contribution is 0.865. The fourth-order valence-electron chi connectivity index (χ4n) is 1.76. The minimum absolute atomic E-state index is 0. The molecule has 2 aromatic rings. The van der Waals surface area contributed by atoms with E-state index in [-0.39, 0.29) is 24.0 Å². The zero-order chi connectivity index (χ0) is 14.2. The Morgan fingerprint density at radius 2 is 1.62 bits per heavy atom. The highest BCUT2D eigenvalue weighted by atomic mass is 127. The lowest BCUT2D eigenvalue weighted by atomic mass is 10.2. The Morgan fingerprint density at radius 3 is 2.19 bits per heavy atom. The van der Waals surface area contributed by atoms with Crippen molar-refractivity contribution in [1.82, 2.24) is 10.6 Å². The molecule has 0 unspecified atom stereocenters. The fraction of sp³-hybridized carbons (Fsp3) is 0.188. The molecule has 0 amide bonds. The smallest absolute Gasteiger partial charge is 0.190 e. The third-order valence-corrected chi connectivity index (χ3v) is 3.84. The molecule has 3 nitrogen and oxygen atoms in total. The minimum Gasteiger partial charge on any atom is -0.359 e. The van der Waals surface area contributed by atoms with Crippen LogP contribution in [0.1, 0.15) is 5.56 Å². The number of nitrogens with zero attached hydrogens (tertiary/aromatic N) is 1. The molecular formula is C16H20IN3S. The van der Waals surface area contributed by atoms with Crippen LogP contribution in [0.15, 0.2) is 69.4 Å². The summed E-state index contributed by atoms with van der Waals surface area (Å²) < 4.78 is 0. The van der Waals surface area contributed by atoms with Crippen molar-refractivity contribution in [2.75, 3.05) is 14.1 Å². The molecule has 0 spiro atoms. The molecule has 0 saturated carbocycles. The Bertz CT molecular complexity index is 555. The minimum atomic E-state index is 0. The van der Waals surface area contributed by atoms with Gasteiger partial charge in [0.25, 0.3) is 0 Å². The molecule has 0 atom stereocenters. The maximum Gasteiger partial charge on any atom is 0.190 e. The first-order valence-electron chi connectivity index (χ1n) is 6.52. The molecule has 2 rings (SSSR count). The number of nitrogens with one attached hydrogen (secondary N) is 2. The van der Waals surface area contributed by atoms with E-state index in [0.29, 0.717) is 0 Å². The van der Waals surface area contributed by atoms with Crippen molar-refractivity contribution in [3.05, 3.63) is 60.2 Å². The molecule has 112 valence electrons. The van der Waals surface area contributed by atoms with Gasteiger partial charge in [0.05, 0.1) is 0 Å². The lowest BCUT2D eigenvalue weighted by Crippen LogP contribution is -2.34. The Kier molecular flexibility index (Phi) is 8.22. The van der Waals surface area contributed by atoms with Crippen molar-refractivity contribution in [2.45, 2.75) is 16.3 Å². The van der Waals surface area contributed by atoms with E-state index >= 15 is 0 Å². The van der Waals surface area contributed by atoms with E-state index in [2.05, 4.69) is 64.2 Å². The van der Waals surface area contributed by atoms with Crippen molar-refractivity contribution in [3.63, 3.8) is 0 Å². The van der Waals surface area contributed by atoms with Crippen molar-refractivity contribution in [1.29, 1.82) is 0 Å². The Morgan fingerprint density at radius 1 is 1.00 bits per heavy atom. The lowest BCUT2D eigenvalue weighted by Gasteiger charge is -2.09. The topological polar surface area (TPSA) is 36.4 Å². The zero-order valence-electron chi connectivity index (χ0n) is 12.2. The second-order valence-corrected chi connectivity index (χ2v) is 5.38. The molecule has 0 aromatic heterocycles. The number of guanidine groups is 1. The molecule has 2 N–H and O–H groups in total. The summed E-state index contributed by atoms with van der Waals surface area (Å²) in [5.41, 5.74) is 1.24. The molecule has 0 bridgehead atoms. The summed E-state index contributed by atoms with van der Waals surface area (Å²) in [6.45, 7) is 0.768. The standard InChI is InChI=1S/C16H19N3S.HI/c1-17-16(18-2)19-12-13-8-10-15(11-9-13)20-14-6-4-3-5-7-14;/h3-11H,12H2,1-2H3,(H2,17,18,19);1H. The molecule has 0 heterocycles. The highest BCUT2D eigenvalue weighted by Crippen LogP contribution is 2.27. The summed E-state index contributed by atoms with van der Waals surface area (Å²) >= 11 is 1.77. The average Bonchev–Trinajstić information content (AvgIpc) is 2.51. The summed E-state index contributed by atoms with van der Waals surface area (Å²) in [6, 6.07) is 19.0. The largest absolute Gasteiger partial charge is 0.359 e. The predicted octanol–water partition coefficient (Wildman–Crippen LogP) is 3.75. The number of hydrogen-bond acceptors (Lipinski definition) is 2. The summed E-state index contributed by atoms with van der Waals surface area (Å²) in [7, 11) is 3.62. The SMILES string of the molecule is CN=C(NC)NCc1ccc(Sc2ccccc2)cc1.I. The van der Waals surface area contributed by atoms with Gasteiger partial charge < -0.3 is 10.6 Å². The first kappa shape index (κ1) is 17.8.